The molecule has 1 aliphatic rings. The quantitative estimate of drug-likeness (QED) is 0.801. The number of fused-ring (bicyclic) bond motifs is 1. The predicted molar refractivity (Wildman–Crippen MR) is 75.4 cm³/mol. The molecule has 1 aromatic heterocycles. The number of rotatable bonds is 4. The fourth-order valence-electron chi connectivity index (χ4n) is 2.80. The largest absolute Gasteiger partial charge is 0.350 e. The molecule has 4 nitrogen and oxygen atoms in total. The van der Waals surface area contributed by atoms with Crippen LogP contribution in [0.1, 0.15) is 34.9 Å². The number of hydrogen-bond donors (Lipinski definition) is 0. The SMILES string of the molecule is COC(OC)c1ccnc(C2Cc3ccccc3C2)n1. The van der Waals surface area contributed by atoms with Gasteiger partial charge in [0.15, 0.2) is 0 Å². The highest BCUT2D eigenvalue weighted by molar-refractivity contribution is 5.35. The molecular weight excluding hydrogens is 252 g/mol. The van der Waals surface area contributed by atoms with E-state index < -0.39 is 6.29 Å². The molecular formula is C16H18N2O2. The summed E-state index contributed by atoms with van der Waals surface area (Å²) in [4.78, 5) is 9.05. The second-order valence-electron chi connectivity index (χ2n) is 5.02. The number of benzene rings is 1. The summed E-state index contributed by atoms with van der Waals surface area (Å²) in [5.41, 5.74) is 3.58. The monoisotopic (exact) mass is 270 g/mol. The van der Waals surface area contributed by atoms with Crippen LogP contribution in [-0.2, 0) is 22.3 Å². The van der Waals surface area contributed by atoms with Crippen molar-refractivity contribution in [3.05, 3.63) is 59.2 Å². The molecule has 0 spiro atoms. The molecule has 104 valence electrons. The topological polar surface area (TPSA) is 44.2 Å². The molecule has 0 unspecified atom stereocenters. The van der Waals surface area contributed by atoms with Gasteiger partial charge in [-0.05, 0) is 30.0 Å². The van der Waals surface area contributed by atoms with Gasteiger partial charge in [-0.3, -0.25) is 0 Å². The van der Waals surface area contributed by atoms with E-state index in [1.807, 2.05) is 6.07 Å². The van der Waals surface area contributed by atoms with E-state index in [9.17, 15) is 0 Å². The van der Waals surface area contributed by atoms with Crippen LogP contribution in [0.15, 0.2) is 36.5 Å². The summed E-state index contributed by atoms with van der Waals surface area (Å²) in [6.07, 6.45) is 3.36. The molecule has 0 saturated carbocycles. The minimum Gasteiger partial charge on any atom is -0.350 e. The van der Waals surface area contributed by atoms with E-state index >= 15 is 0 Å². The van der Waals surface area contributed by atoms with Crippen molar-refractivity contribution in [3.8, 4) is 0 Å². The van der Waals surface area contributed by atoms with Gasteiger partial charge in [-0.2, -0.15) is 0 Å². The van der Waals surface area contributed by atoms with Crippen LogP contribution in [-0.4, -0.2) is 24.2 Å². The van der Waals surface area contributed by atoms with Crippen molar-refractivity contribution in [2.45, 2.75) is 25.0 Å². The number of nitrogens with zero attached hydrogens (tertiary/aromatic N) is 2. The lowest BCUT2D eigenvalue weighted by atomic mass is 10.1. The van der Waals surface area contributed by atoms with Crippen molar-refractivity contribution in [2.24, 2.45) is 0 Å². The Bertz CT molecular complexity index is 572. The summed E-state index contributed by atoms with van der Waals surface area (Å²) in [6, 6.07) is 10.4. The number of hydrogen-bond acceptors (Lipinski definition) is 4. The third kappa shape index (κ3) is 2.44. The highest BCUT2D eigenvalue weighted by Gasteiger charge is 2.25. The molecule has 0 radical (unpaired) electrons. The first-order valence-electron chi connectivity index (χ1n) is 6.77. The normalized spacial score (nSPS) is 14.8. The second kappa shape index (κ2) is 5.69. The number of methoxy groups -OCH3 is 2. The molecule has 1 aromatic carbocycles. The van der Waals surface area contributed by atoms with E-state index in [4.69, 9.17) is 9.47 Å². The Balaban J connectivity index is 1.84. The molecule has 0 N–H and O–H groups in total. The highest BCUT2D eigenvalue weighted by atomic mass is 16.7. The van der Waals surface area contributed by atoms with Crippen LogP contribution in [0.5, 0.6) is 0 Å². The molecule has 4 heteroatoms. The van der Waals surface area contributed by atoms with Crippen LogP contribution < -0.4 is 0 Å². The van der Waals surface area contributed by atoms with Crippen LogP contribution >= 0.6 is 0 Å². The van der Waals surface area contributed by atoms with Gasteiger partial charge in [-0.25, -0.2) is 9.97 Å². The molecule has 20 heavy (non-hydrogen) atoms. The van der Waals surface area contributed by atoms with Gasteiger partial charge in [0.2, 0.25) is 6.29 Å². The lowest BCUT2D eigenvalue weighted by molar-refractivity contribution is -0.108. The fourth-order valence-corrected chi connectivity index (χ4v) is 2.80. The van der Waals surface area contributed by atoms with Gasteiger partial charge in [0.25, 0.3) is 0 Å². The number of ether oxygens (including phenoxy) is 2. The third-order valence-electron chi connectivity index (χ3n) is 3.78. The van der Waals surface area contributed by atoms with Crippen molar-refractivity contribution in [2.75, 3.05) is 14.2 Å². The molecule has 1 aliphatic carbocycles. The van der Waals surface area contributed by atoms with Gasteiger partial charge < -0.3 is 9.47 Å². The minimum absolute atomic E-state index is 0.349. The Hall–Kier alpha value is -1.78. The van der Waals surface area contributed by atoms with Crippen molar-refractivity contribution in [1.29, 1.82) is 0 Å². The van der Waals surface area contributed by atoms with Gasteiger partial charge in [0.05, 0.1) is 5.69 Å². The highest BCUT2D eigenvalue weighted by Crippen LogP contribution is 2.32. The van der Waals surface area contributed by atoms with E-state index in [0.29, 0.717) is 5.92 Å². The second-order valence-corrected chi connectivity index (χ2v) is 5.02. The van der Waals surface area contributed by atoms with E-state index in [2.05, 4.69) is 34.2 Å². The first-order valence-corrected chi connectivity index (χ1v) is 6.77. The standard InChI is InChI=1S/C16H18N2O2/c1-19-16(20-2)14-7-8-17-15(18-14)13-9-11-5-3-4-6-12(11)10-13/h3-8,13,16H,9-10H2,1-2H3. The average molecular weight is 270 g/mol. The van der Waals surface area contributed by atoms with Crippen molar-refractivity contribution < 1.29 is 9.47 Å². The van der Waals surface area contributed by atoms with Gasteiger partial charge in [0.1, 0.15) is 5.82 Å². The Kier molecular flexibility index (Phi) is 3.76. The van der Waals surface area contributed by atoms with Crippen LogP contribution in [0.2, 0.25) is 0 Å². The first kappa shape index (κ1) is 13.2. The fraction of sp³-hybridized carbons (Fsp3) is 0.375. The van der Waals surface area contributed by atoms with Crippen molar-refractivity contribution in [1.82, 2.24) is 9.97 Å². The third-order valence-corrected chi connectivity index (χ3v) is 3.78. The molecule has 0 fully saturated rings. The van der Waals surface area contributed by atoms with Gasteiger partial charge >= 0.3 is 0 Å². The molecule has 1 heterocycles. The predicted octanol–water partition coefficient (Wildman–Crippen LogP) is 2.65. The lowest BCUT2D eigenvalue weighted by Gasteiger charge is -2.14. The molecule has 0 bridgehead atoms. The molecule has 0 saturated heterocycles. The zero-order valence-electron chi connectivity index (χ0n) is 11.7. The summed E-state index contributed by atoms with van der Waals surface area (Å²) in [5, 5.41) is 0. The van der Waals surface area contributed by atoms with Crippen molar-refractivity contribution >= 4 is 0 Å². The average Bonchev–Trinajstić information content (AvgIpc) is 2.93. The Morgan fingerprint density at radius 3 is 2.30 bits per heavy atom. The molecule has 0 amide bonds. The molecule has 2 aromatic rings. The Morgan fingerprint density at radius 1 is 1.05 bits per heavy atom. The van der Waals surface area contributed by atoms with Crippen LogP contribution in [0.25, 0.3) is 0 Å². The Labute approximate surface area is 118 Å². The van der Waals surface area contributed by atoms with E-state index in [-0.39, 0.29) is 0 Å². The van der Waals surface area contributed by atoms with Gasteiger partial charge in [0, 0.05) is 26.3 Å². The van der Waals surface area contributed by atoms with Crippen molar-refractivity contribution in [3.63, 3.8) is 0 Å². The van der Waals surface area contributed by atoms with Crippen LogP contribution in [0, 0.1) is 0 Å². The van der Waals surface area contributed by atoms with Gasteiger partial charge in [-0.1, -0.05) is 24.3 Å². The van der Waals surface area contributed by atoms with E-state index in [0.717, 1.165) is 24.4 Å². The van der Waals surface area contributed by atoms with E-state index in [1.54, 1.807) is 20.4 Å². The maximum Gasteiger partial charge on any atom is 0.200 e. The van der Waals surface area contributed by atoms with Crippen LogP contribution in [0.4, 0.5) is 0 Å². The summed E-state index contributed by atoms with van der Waals surface area (Å²) in [7, 11) is 3.22. The van der Waals surface area contributed by atoms with Gasteiger partial charge in [-0.15, -0.1) is 0 Å². The lowest BCUT2D eigenvalue weighted by Crippen LogP contribution is -2.11. The molecule has 0 atom stereocenters. The molecule has 0 aliphatic heterocycles. The van der Waals surface area contributed by atoms with Crippen LogP contribution in [0.3, 0.4) is 0 Å². The zero-order valence-corrected chi connectivity index (χ0v) is 11.7. The molecule has 3 rings (SSSR count). The summed E-state index contributed by atoms with van der Waals surface area (Å²) < 4.78 is 10.5. The summed E-state index contributed by atoms with van der Waals surface area (Å²) >= 11 is 0. The minimum atomic E-state index is -0.430. The number of aromatic nitrogens is 2. The first-order chi connectivity index (χ1) is 9.81. The maximum atomic E-state index is 5.25. The summed E-state index contributed by atoms with van der Waals surface area (Å²) in [5.74, 6) is 1.22. The zero-order chi connectivity index (χ0) is 13.9. The Morgan fingerprint density at radius 2 is 1.70 bits per heavy atom. The maximum absolute atomic E-state index is 5.25. The smallest absolute Gasteiger partial charge is 0.200 e. The van der Waals surface area contributed by atoms with E-state index in [1.165, 1.54) is 11.1 Å². The summed E-state index contributed by atoms with van der Waals surface area (Å²) in [6.45, 7) is 0.